The van der Waals surface area contributed by atoms with Gasteiger partial charge in [-0.15, -0.1) is 0 Å². The summed E-state index contributed by atoms with van der Waals surface area (Å²) >= 11 is 0. The Morgan fingerprint density at radius 3 is 1.53 bits per heavy atom. The standard InChI is InChI=1S/C20H12F10/c1-9-3-5-11(16(22)15(9)21)12-7-8-14(20(29,30)18(12,25)26)13-6-4-10(2)17(23,24)19(13,27)28/h3-8H,1-2H3. The van der Waals surface area contributed by atoms with Gasteiger partial charge in [-0.2, -0.15) is 35.1 Å². The van der Waals surface area contributed by atoms with Crippen molar-refractivity contribution in [3.05, 3.63) is 75.9 Å². The van der Waals surface area contributed by atoms with Crippen LogP contribution in [-0.2, 0) is 0 Å². The number of benzene rings is 1. The minimum Gasteiger partial charge on any atom is -0.203 e. The van der Waals surface area contributed by atoms with E-state index in [1.807, 2.05) is 0 Å². The fraction of sp³-hybridized carbons (Fsp3) is 0.300. The van der Waals surface area contributed by atoms with Gasteiger partial charge in [-0.3, -0.25) is 0 Å². The Balaban J connectivity index is 2.24. The van der Waals surface area contributed by atoms with Gasteiger partial charge in [0.1, 0.15) is 0 Å². The van der Waals surface area contributed by atoms with E-state index in [-0.39, 0.29) is 23.8 Å². The van der Waals surface area contributed by atoms with Crippen LogP contribution in [0.3, 0.4) is 0 Å². The van der Waals surface area contributed by atoms with E-state index < -0.39 is 63.2 Å². The third kappa shape index (κ3) is 2.75. The lowest BCUT2D eigenvalue weighted by atomic mass is 9.78. The topological polar surface area (TPSA) is 0 Å². The third-order valence-electron chi connectivity index (χ3n) is 5.07. The Labute approximate surface area is 163 Å². The molecule has 3 rings (SSSR count). The molecule has 0 amide bonds. The largest absolute Gasteiger partial charge is 0.340 e. The van der Waals surface area contributed by atoms with Crippen LogP contribution in [0, 0.1) is 18.6 Å². The molecule has 0 atom stereocenters. The monoisotopic (exact) mass is 442 g/mol. The molecular weight excluding hydrogens is 430 g/mol. The first kappa shape index (κ1) is 22.2. The lowest BCUT2D eigenvalue weighted by molar-refractivity contribution is -0.174. The van der Waals surface area contributed by atoms with Crippen LogP contribution in [0.5, 0.6) is 0 Å². The van der Waals surface area contributed by atoms with Gasteiger partial charge in [-0.1, -0.05) is 36.4 Å². The zero-order chi connectivity index (χ0) is 22.9. The molecule has 0 heterocycles. The molecule has 162 valence electrons. The maximum Gasteiger partial charge on any atom is 0.340 e. The minimum absolute atomic E-state index is 0.0915. The molecule has 0 N–H and O–H groups in total. The van der Waals surface area contributed by atoms with E-state index in [0.717, 1.165) is 13.0 Å². The van der Waals surface area contributed by atoms with E-state index in [9.17, 15) is 43.9 Å². The highest BCUT2D eigenvalue weighted by Gasteiger charge is 2.69. The van der Waals surface area contributed by atoms with Crippen LogP contribution in [0.2, 0.25) is 0 Å². The lowest BCUT2D eigenvalue weighted by Gasteiger charge is -2.38. The molecule has 1 aromatic carbocycles. The van der Waals surface area contributed by atoms with Crippen LogP contribution in [0.4, 0.5) is 43.9 Å². The number of hydrogen-bond acceptors (Lipinski definition) is 0. The van der Waals surface area contributed by atoms with E-state index in [0.29, 0.717) is 19.1 Å². The number of hydrogen-bond donors (Lipinski definition) is 0. The Morgan fingerprint density at radius 1 is 0.533 bits per heavy atom. The fourth-order valence-electron chi connectivity index (χ4n) is 3.18. The smallest absolute Gasteiger partial charge is 0.203 e. The number of rotatable bonds is 2. The van der Waals surface area contributed by atoms with Crippen molar-refractivity contribution in [3.63, 3.8) is 0 Å². The molecule has 0 nitrogen and oxygen atoms in total. The molecule has 0 fully saturated rings. The molecule has 0 unspecified atom stereocenters. The van der Waals surface area contributed by atoms with Gasteiger partial charge in [0.2, 0.25) is 0 Å². The Hall–Kier alpha value is -2.52. The summed E-state index contributed by atoms with van der Waals surface area (Å²) < 4.78 is 143. The molecule has 1 aromatic rings. The van der Waals surface area contributed by atoms with Gasteiger partial charge >= 0.3 is 23.7 Å². The molecule has 0 aliphatic heterocycles. The zero-order valence-corrected chi connectivity index (χ0v) is 15.2. The van der Waals surface area contributed by atoms with Crippen LogP contribution < -0.4 is 0 Å². The van der Waals surface area contributed by atoms with Gasteiger partial charge in [0.25, 0.3) is 0 Å². The SMILES string of the molecule is CC1=CC=C(C2=CC=C(c3ccc(C)c(F)c3F)C(F)(F)C2(F)F)C(F)(F)C1(F)F. The second-order valence-electron chi connectivity index (χ2n) is 6.95. The number of aryl methyl sites for hydroxylation is 1. The first-order chi connectivity index (χ1) is 13.6. The summed E-state index contributed by atoms with van der Waals surface area (Å²) in [5.74, 6) is -24.2. The van der Waals surface area contributed by atoms with Gasteiger partial charge in [-0.25, -0.2) is 8.78 Å². The maximum atomic E-state index is 14.7. The highest BCUT2D eigenvalue weighted by molar-refractivity contribution is 5.78. The number of halogens is 10. The van der Waals surface area contributed by atoms with Crippen LogP contribution in [0.25, 0.3) is 5.57 Å². The minimum atomic E-state index is -5.42. The first-order valence-corrected chi connectivity index (χ1v) is 8.37. The van der Waals surface area contributed by atoms with Gasteiger partial charge in [0.15, 0.2) is 11.6 Å². The molecule has 0 bridgehead atoms. The average Bonchev–Trinajstić information content (AvgIpc) is 2.63. The third-order valence-corrected chi connectivity index (χ3v) is 5.07. The van der Waals surface area contributed by atoms with Gasteiger partial charge in [0, 0.05) is 27.9 Å². The van der Waals surface area contributed by atoms with Crippen LogP contribution in [0.15, 0.2) is 53.2 Å². The van der Waals surface area contributed by atoms with Gasteiger partial charge < -0.3 is 0 Å². The van der Waals surface area contributed by atoms with Crippen molar-refractivity contribution in [2.75, 3.05) is 0 Å². The highest BCUT2D eigenvalue weighted by atomic mass is 19.3. The zero-order valence-electron chi connectivity index (χ0n) is 15.2. The second kappa shape index (κ2) is 6.49. The summed E-state index contributed by atoms with van der Waals surface area (Å²) in [6, 6.07) is 1.51. The predicted molar refractivity (Wildman–Crippen MR) is 88.8 cm³/mol. The lowest BCUT2D eigenvalue weighted by Crippen LogP contribution is -2.51. The number of allylic oxidation sites excluding steroid dienone is 8. The molecule has 0 spiro atoms. The predicted octanol–water partition coefficient (Wildman–Crippen LogP) is 7.02. The van der Waals surface area contributed by atoms with E-state index in [1.165, 1.54) is 0 Å². The molecule has 2 aliphatic carbocycles. The summed E-state index contributed by atoms with van der Waals surface area (Å²) in [7, 11) is 0. The normalized spacial score (nSPS) is 23.9. The quantitative estimate of drug-likeness (QED) is 0.432. The van der Waals surface area contributed by atoms with Gasteiger partial charge in [0.05, 0.1) is 0 Å². The van der Waals surface area contributed by atoms with Gasteiger partial charge in [-0.05, 0) is 19.4 Å². The second-order valence-corrected chi connectivity index (χ2v) is 6.95. The summed E-state index contributed by atoms with van der Waals surface area (Å²) in [4.78, 5) is 0. The van der Waals surface area contributed by atoms with Crippen molar-refractivity contribution in [2.45, 2.75) is 37.5 Å². The number of alkyl halides is 8. The molecule has 0 radical (unpaired) electrons. The van der Waals surface area contributed by atoms with E-state index in [1.54, 1.807) is 0 Å². The fourth-order valence-corrected chi connectivity index (χ4v) is 3.18. The Bertz CT molecular complexity index is 1040. The molecule has 2 aliphatic rings. The first-order valence-electron chi connectivity index (χ1n) is 8.37. The molecule has 0 aromatic heterocycles. The summed E-state index contributed by atoms with van der Waals surface area (Å²) in [6.07, 6.45) is 0.929. The summed E-state index contributed by atoms with van der Waals surface area (Å²) in [6.45, 7) is 1.74. The van der Waals surface area contributed by atoms with Crippen molar-refractivity contribution in [3.8, 4) is 0 Å². The van der Waals surface area contributed by atoms with Crippen molar-refractivity contribution >= 4 is 5.57 Å². The molecule has 0 saturated carbocycles. The molecule has 30 heavy (non-hydrogen) atoms. The molecular formula is C20H12F10. The van der Waals surface area contributed by atoms with E-state index >= 15 is 0 Å². The summed E-state index contributed by atoms with van der Waals surface area (Å²) in [5, 5.41) is 0. The van der Waals surface area contributed by atoms with E-state index in [4.69, 9.17) is 0 Å². The molecule has 10 heteroatoms. The molecule has 0 saturated heterocycles. The maximum absolute atomic E-state index is 14.7. The van der Waals surface area contributed by atoms with Crippen molar-refractivity contribution in [1.82, 2.24) is 0 Å². The van der Waals surface area contributed by atoms with Crippen molar-refractivity contribution in [2.24, 2.45) is 0 Å². The Kier molecular flexibility index (Phi) is 4.79. The van der Waals surface area contributed by atoms with Crippen molar-refractivity contribution < 1.29 is 43.9 Å². The van der Waals surface area contributed by atoms with Crippen LogP contribution >= 0.6 is 0 Å². The van der Waals surface area contributed by atoms with E-state index in [2.05, 4.69) is 0 Å². The van der Waals surface area contributed by atoms with Crippen molar-refractivity contribution in [1.29, 1.82) is 0 Å². The average molecular weight is 442 g/mol. The Morgan fingerprint density at radius 2 is 0.967 bits per heavy atom. The van der Waals surface area contributed by atoms with Crippen LogP contribution in [0.1, 0.15) is 18.1 Å². The highest BCUT2D eigenvalue weighted by Crippen LogP contribution is 2.57. The van der Waals surface area contributed by atoms with Crippen LogP contribution in [-0.4, -0.2) is 23.7 Å². The summed E-state index contributed by atoms with van der Waals surface area (Å²) in [5.41, 5.74) is -8.34.